The van der Waals surface area contributed by atoms with Crippen molar-refractivity contribution in [3.05, 3.63) is 29.9 Å². The van der Waals surface area contributed by atoms with Crippen LogP contribution in [-0.2, 0) is 9.59 Å². The largest absolute Gasteiger partial charge is 0.481 e. The number of carboxylic acid groups (broad SMARTS) is 1. The van der Waals surface area contributed by atoms with Gasteiger partial charge in [0.2, 0.25) is 5.91 Å². The monoisotopic (exact) mass is 263 g/mol. The molecule has 18 heavy (non-hydrogen) atoms. The minimum Gasteiger partial charge on any atom is -0.481 e. The van der Waals surface area contributed by atoms with Crippen LogP contribution in [0.2, 0.25) is 0 Å². The van der Waals surface area contributed by atoms with Crippen molar-refractivity contribution in [2.75, 3.05) is 5.32 Å². The molecule has 0 aromatic carbocycles. The molecule has 0 aliphatic heterocycles. The van der Waals surface area contributed by atoms with Gasteiger partial charge in [-0.3, -0.25) is 14.6 Å². The van der Waals surface area contributed by atoms with Crippen molar-refractivity contribution >= 4 is 28.3 Å². The summed E-state index contributed by atoms with van der Waals surface area (Å²) in [4.78, 5) is 29.7. The lowest BCUT2D eigenvalue weighted by Crippen LogP contribution is -2.15. The number of pyridine rings is 1. The maximum atomic E-state index is 11.2. The first-order chi connectivity index (χ1) is 8.65. The first kappa shape index (κ1) is 12.2. The van der Waals surface area contributed by atoms with E-state index in [-0.39, 0.29) is 0 Å². The molecule has 7 heteroatoms. The van der Waals surface area contributed by atoms with Crippen molar-refractivity contribution in [3.8, 4) is 11.3 Å². The summed E-state index contributed by atoms with van der Waals surface area (Å²) in [5, 5.41) is 13.0. The normalized spacial score (nSPS) is 10.0. The fraction of sp³-hybridized carbons (Fsp3) is 0.0909. The lowest BCUT2D eigenvalue weighted by Gasteiger charge is -1.97. The second-order valence-electron chi connectivity index (χ2n) is 3.40. The van der Waals surface area contributed by atoms with E-state index in [4.69, 9.17) is 5.11 Å². The number of hydrogen-bond donors (Lipinski definition) is 2. The second-order valence-corrected chi connectivity index (χ2v) is 4.26. The quantitative estimate of drug-likeness (QED) is 0.818. The zero-order chi connectivity index (χ0) is 13.0. The Morgan fingerprint density at radius 3 is 2.94 bits per heavy atom. The molecular formula is C11H9N3O3S. The predicted octanol–water partition coefficient (Wildman–Crippen LogP) is 1.62. The van der Waals surface area contributed by atoms with Crippen molar-refractivity contribution in [3.63, 3.8) is 0 Å². The van der Waals surface area contributed by atoms with Gasteiger partial charge in [0.05, 0.1) is 5.69 Å². The average Bonchev–Trinajstić information content (AvgIpc) is 2.77. The highest BCUT2D eigenvalue weighted by Gasteiger charge is 2.10. The van der Waals surface area contributed by atoms with Crippen LogP contribution in [0.25, 0.3) is 11.3 Å². The average molecular weight is 263 g/mol. The molecule has 0 aliphatic rings. The summed E-state index contributed by atoms with van der Waals surface area (Å²) in [5.74, 6) is -1.76. The smallest absolute Gasteiger partial charge is 0.312 e. The van der Waals surface area contributed by atoms with Gasteiger partial charge in [0.15, 0.2) is 5.13 Å². The molecule has 2 aromatic heterocycles. The number of carbonyl (C=O) groups excluding carboxylic acids is 1. The lowest BCUT2D eigenvalue weighted by molar-refractivity contribution is -0.139. The zero-order valence-corrected chi connectivity index (χ0v) is 9.98. The summed E-state index contributed by atoms with van der Waals surface area (Å²) in [6.07, 6.45) is 2.76. The molecule has 0 bridgehead atoms. The first-order valence-electron chi connectivity index (χ1n) is 5.03. The van der Waals surface area contributed by atoms with Crippen LogP contribution in [0.15, 0.2) is 29.9 Å². The Morgan fingerprint density at radius 2 is 2.28 bits per heavy atom. The Kier molecular flexibility index (Phi) is 3.63. The molecule has 1 amide bonds. The molecule has 6 nitrogen and oxygen atoms in total. The van der Waals surface area contributed by atoms with Crippen LogP contribution in [0.5, 0.6) is 0 Å². The van der Waals surface area contributed by atoms with Gasteiger partial charge in [0.1, 0.15) is 6.42 Å². The van der Waals surface area contributed by atoms with E-state index in [2.05, 4.69) is 15.3 Å². The number of nitrogens with one attached hydrogen (secondary N) is 1. The molecule has 0 radical (unpaired) electrons. The van der Waals surface area contributed by atoms with Crippen LogP contribution in [0.3, 0.4) is 0 Å². The number of carboxylic acids is 1. The summed E-state index contributed by atoms with van der Waals surface area (Å²) in [5.41, 5.74) is 1.53. The molecule has 2 heterocycles. The topological polar surface area (TPSA) is 92.2 Å². The van der Waals surface area contributed by atoms with Crippen molar-refractivity contribution < 1.29 is 14.7 Å². The third-order valence-corrected chi connectivity index (χ3v) is 2.78. The van der Waals surface area contributed by atoms with Gasteiger partial charge in [0, 0.05) is 23.3 Å². The molecule has 2 aromatic rings. The minimum atomic E-state index is -1.17. The maximum Gasteiger partial charge on any atom is 0.312 e. The fourth-order valence-electron chi connectivity index (χ4n) is 1.28. The minimum absolute atomic E-state index is 0.375. The molecule has 0 aliphatic carbocycles. The first-order valence-corrected chi connectivity index (χ1v) is 5.90. The van der Waals surface area contributed by atoms with Crippen LogP contribution in [0.4, 0.5) is 5.13 Å². The predicted molar refractivity (Wildman–Crippen MR) is 66.2 cm³/mol. The number of amides is 1. The van der Waals surface area contributed by atoms with Crippen molar-refractivity contribution in [2.45, 2.75) is 6.42 Å². The van der Waals surface area contributed by atoms with E-state index in [0.29, 0.717) is 10.8 Å². The lowest BCUT2D eigenvalue weighted by atomic mass is 10.2. The zero-order valence-electron chi connectivity index (χ0n) is 9.16. The van der Waals surface area contributed by atoms with Crippen molar-refractivity contribution in [1.29, 1.82) is 0 Å². The Hall–Kier alpha value is -2.28. The fourth-order valence-corrected chi connectivity index (χ4v) is 2.01. The van der Waals surface area contributed by atoms with Gasteiger partial charge >= 0.3 is 5.97 Å². The van der Waals surface area contributed by atoms with E-state index in [0.717, 1.165) is 5.56 Å². The van der Waals surface area contributed by atoms with E-state index >= 15 is 0 Å². The number of carbonyl (C=O) groups is 2. The summed E-state index contributed by atoms with van der Waals surface area (Å²) < 4.78 is 0. The molecule has 0 spiro atoms. The number of aliphatic carboxylic acids is 1. The van der Waals surface area contributed by atoms with Crippen LogP contribution in [-0.4, -0.2) is 27.0 Å². The van der Waals surface area contributed by atoms with Gasteiger partial charge in [-0.15, -0.1) is 11.3 Å². The van der Waals surface area contributed by atoms with Gasteiger partial charge in [-0.05, 0) is 12.1 Å². The highest BCUT2D eigenvalue weighted by Crippen LogP contribution is 2.23. The highest BCUT2D eigenvalue weighted by atomic mass is 32.1. The standard InChI is InChI=1S/C11H9N3O3S/c15-9(4-10(16)17)14-11-13-8(6-18-11)7-2-1-3-12-5-7/h1-3,5-6H,4H2,(H,16,17)(H,13,14,15). The highest BCUT2D eigenvalue weighted by molar-refractivity contribution is 7.14. The number of thiazole rings is 1. The number of rotatable bonds is 4. The Labute approximate surface area is 106 Å². The Bertz CT molecular complexity index is 568. The van der Waals surface area contributed by atoms with Crippen LogP contribution in [0, 0.1) is 0 Å². The maximum absolute atomic E-state index is 11.2. The number of anilines is 1. The summed E-state index contributed by atoms with van der Waals surface area (Å²) in [6.45, 7) is 0. The molecule has 92 valence electrons. The number of hydrogen-bond acceptors (Lipinski definition) is 5. The van der Waals surface area contributed by atoms with Crippen LogP contribution < -0.4 is 5.32 Å². The summed E-state index contributed by atoms with van der Waals surface area (Å²) in [7, 11) is 0. The molecule has 0 fully saturated rings. The van der Waals surface area contributed by atoms with Gasteiger partial charge in [-0.1, -0.05) is 0 Å². The van der Waals surface area contributed by atoms with Gasteiger partial charge in [-0.25, -0.2) is 4.98 Å². The third kappa shape index (κ3) is 3.11. The van der Waals surface area contributed by atoms with Crippen LogP contribution in [0.1, 0.15) is 6.42 Å². The third-order valence-electron chi connectivity index (χ3n) is 2.02. The summed E-state index contributed by atoms with van der Waals surface area (Å²) in [6, 6.07) is 3.64. The van der Waals surface area contributed by atoms with E-state index in [1.54, 1.807) is 23.8 Å². The van der Waals surface area contributed by atoms with E-state index < -0.39 is 18.3 Å². The van der Waals surface area contributed by atoms with Crippen molar-refractivity contribution in [2.24, 2.45) is 0 Å². The number of aromatic nitrogens is 2. The SMILES string of the molecule is O=C(O)CC(=O)Nc1nc(-c2cccnc2)cs1. The molecule has 2 N–H and O–H groups in total. The van der Waals surface area contributed by atoms with Gasteiger partial charge in [0.25, 0.3) is 0 Å². The molecular weight excluding hydrogens is 254 g/mol. The van der Waals surface area contributed by atoms with E-state index in [1.165, 1.54) is 11.3 Å². The van der Waals surface area contributed by atoms with Gasteiger partial charge in [-0.2, -0.15) is 0 Å². The summed E-state index contributed by atoms with van der Waals surface area (Å²) >= 11 is 1.24. The molecule has 0 atom stereocenters. The Morgan fingerprint density at radius 1 is 1.44 bits per heavy atom. The van der Waals surface area contributed by atoms with E-state index in [9.17, 15) is 9.59 Å². The number of nitrogens with zero attached hydrogens (tertiary/aromatic N) is 2. The molecule has 0 unspecified atom stereocenters. The molecule has 2 rings (SSSR count). The second kappa shape index (κ2) is 5.37. The van der Waals surface area contributed by atoms with Crippen LogP contribution >= 0.6 is 11.3 Å². The molecule has 0 saturated heterocycles. The van der Waals surface area contributed by atoms with Gasteiger partial charge < -0.3 is 10.4 Å². The Balaban J connectivity index is 2.07. The van der Waals surface area contributed by atoms with E-state index in [1.807, 2.05) is 6.07 Å². The van der Waals surface area contributed by atoms with Crippen molar-refractivity contribution in [1.82, 2.24) is 9.97 Å². The molecule has 0 saturated carbocycles.